The van der Waals surface area contributed by atoms with E-state index in [0.717, 1.165) is 6.42 Å². The lowest BCUT2D eigenvalue weighted by Gasteiger charge is -2.20. The van der Waals surface area contributed by atoms with Gasteiger partial charge in [-0.1, -0.05) is 44.2 Å². The molecule has 6 nitrogen and oxygen atoms in total. The van der Waals surface area contributed by atoms with Crippen molar-refractivity contribution >= 4 is 15.9 Å². The van der Waals surface area contributed by atoms with Gasteiger partial charge in [0.15, 0.2) is 0 Å². The minimum absolute atomic E-state index is 0.0185. The molecular weight excluding hydrogens is 388 g/mol. The first-order valence-electron chi connectivity index (χ1n) is 9.93. The fourth-order valence-electron chi connectivity index (χ4n) is 3.63. The zero-order valence-electron chi connectivity index (χ0n) is 17.1. The topological polar surface area (TPSA) is 75.7 Å². The van der Waals surface area contributed by atoms with Crippen molar-refractivity contribution in [1.29, 1.82) is 0 Å². The van der Waals surface area contributed by atoms with Gasteiger partial charge in [-0.25, -0.2) is 8.42 Å². The number of carbonyl (C=O) groups is 1. The number of hydrogen-bond acceptors (Lipinski definition) is 4. The molecule has 7 heteroatoms. The summed E-state index contributed by atoms with van der Waals surface area (Å²) in [5, 5.41) is 2.95. The van der Waals surface area contributed by atoms with Crippen LogP contribution in [0.5, 0.6) is 5.75 Å². The number of nitrogens with zero attached hydrogens (tertiary/aromatic N) is 1. The number of nitrogens with one attached hydrogen (secondary N) is 1. The van der Waals surface area contributed by atoms with Crippen molar-refractivity contribution in [1.82, 2.24) is 9.62 Å². The van der Waals surface area contributed by atoms with Crippen molar-refractivity contribution in [3.05, 3.63) is 59.7 Å². The Labute approximate surface area is 172 Å². The van der Waals surface area contributed by atoms with E-state index < -0.39 is 10.0 Å². The van der Waals surface area contributed by atoms with Gasteiger partial charge in [0.25, 0.3) is 5.91 Å². The van der Waals surface area contributed by atoms with E-state index in [4.69, 9.17) is 4.74 Å². The molecule has 3 rings (SSSR count). The fraction of sp³-hybridized carbons (Fsp3) is 0.409. The Morgan fingerprint density at radius 1 is 1.14 bits per heavy atom. The van der Waals surface area contributed by atoms with Crippen LogP contribution in [0.2, 0.25) is 0 Å². The van der Waals surface area contributed by atoms with Crippen LogP contribution in [0.25, 0.3) is 0 Å². The molecule has 29 heavy (non-hydrogen) atoms. The number of rotatable bonds is 9. The van der Waals surface area contributed by atoms with Gasteiger partial charge >= 0.3 is 0 Å². The molecule has 0 radical (unpaired) electrons. The maximum Gasteiger partial charge on any atom is 0.251 e. The van der Waals surface area contributed by atoms with Crippen LogP contribution in [0.15, 0.2) is 53.4 Å². The number of benzene rings is 2. The Morgan fingerprint density at radius 2 is 1.83 bits per heavy atom. The van der Waals surface area contributed by atoms with Crippen LogP contribution in [0.4, 0.5) is 0 Å². The smallest absolute Gasteiger partial charge is 0.251 e. The molecule has 0 bridgehead atoms. The van der Waals surface area contributed by atoms with Gasteiger partial charge in [-0.2, -0.15) is 4.31 Å². The van der Waals surface area contributed by atoms with Gasteiger partial charge in [-0.15, -0.1) is 0 Å². The van der Waals surface area contributed by atoms with Crippen LogP contribution in [0, 0.1) is 5.92 Å². The van der Waals surface area contributed by atoms with Crippen LogP contribution in [-0.4, -0.2) is 45.4 Å². The van der Waals surface area contributed by atoms with Crippen molar-refractivity contribution in [3.63, 3.8) is 0 Å². The molecule has 0 saturated heterocycles. The number of hydrogen-bond donors (Lipinski definition) is 1. The molecule has 156 valence electrons. The lowest BCUT2D eigenvalue weighted by atomic mass is 10.1. The van der Waals surface area contributed by atoms with Crippen LogP contribution in [0.1, 0.15) is 42.1 Å². The quantitative estimate of drug-likeness (QED) is 0.681. The molecule has 2 aromatic carbocycles. The molecule has 0 spiro atoms. The molecule has 0 aromatic heterocycles. The predicted molar refractivity (Wildman–Crippen MR) is 113 cm³/mol. The molecule has 0 heterocycles. The average Bonchev–Trinajstić information content (AvgIpc) is 3.52. The molecule has 1 aliphatic rings. The summed E-state index contributed by atoms with van der Waals surface area (Å²) < 4.78 is 32.5. The third-order valence-electron chi connectivity index (χ3n) is 5.42. The van der Waals surface area contributed by atoms with E-state index >= 15 is 0 Å². The van der Waals surface area contributed by atoms with Crippen LogP contribution >= 0.6 is 0 Å². The molecule has 2 atom stereocenters. The van der Waals surface area contributed by atoms with Crippen molar-refractivity contribution in [2.75, 3.05) is 26.7 Å². The third kappa shape index (κ3) is 4.62. The summed E-state index contributed by atoms with van der Waals surface area (Å²) in [6.07, 6.45) is 1.05. The SMILES string of the molecule is CCN(CC)S(=O)(=O)c1cc(C(=O)NCC2CC2c2ccccc2)ccc1OC. The van der Waals surface area contributed by atoms with Crippen LogP contribution < -0.4 is 10.1 Å². The monoisotopic (exact) mass is 416 g/mol. The van der Waals surface area contributed by atoms with Gasteiger partial charge in [0.1, 0.15) is 10.6 Å². The number of carbonyl (C=O) groups excluding carboxylic acids is 1. The summed E-state index contributed by atoms with van der Waals surface area (Å²) in [6, 6.07) is 14.8. The Hall–Kier alpha value is -2.38. The summed E-state index contributed by atoms with van der Waals surface area (Å²) in [5.41, 5.74) is 1.61. The van der Waals surface area contributed by atoms with E-state index in [2.05, 4.69) is 17.4 Å². The van der Waals surface area contributed by atoms with E-state index in [1.54, 1.807) is 19.9 Å². The summed E-state index contributed by atoms with van der Waals surface area (Å²) in [7, 11) is -2.31. The average molecular weight is 417 g/mol. The lowest BCUT2D eigenvalue weighted by Crippen LogP contribution is -2.31. The zero-order chi connectivity index (χ0) is 21.0. The first-order valence-corrected chi connectivity index (χ1v) is 11.4. The third-order valence-corrected chi connectivity index (χ3v) is 7.50. The van der Waals surface area contributed by atoms with Gasteiger partial charge in [0, 0.05) is 25.2 Å². The van der Waals surface area contributed by atoms with Gasteiger partial charge in [0.2, 0.25) is 10.0 Å². The highest BCUT2D eigenvalue weighted by Gasteiger charge is 2.38. The fourth-order valence-corrected chi connectivity index (χ4v) is 5.27. The Kier molecular flexibility index (Phi) is 6.59. The number of methoxy groups -OCH3 is 1. The summed E-state index contributed by atoms with van der Waals surface area (Å²) in [6.45, 7) is 4.83. The van der Waals surface area contributed by atoms with Gasteiger partial charge in [0.05, 0.1) is 7.11 Å². The van der Waals surface area contributed by atoms with E-state index in [1.165, 1.54) is 29.1 Å². The Balaban J connectivity index is 1.72. The van der Waals surface area contributed by atoms with E-state index in [1.807, 2.05) is 18.2 Å². The predicted octanol–water partition coefficient (Wildman–Crippen LogP) is 3.26. The second-order valence-corrected chi connectivity index (χ2v) is 9.08. The van der Waals surface area contributed by atoms with Crippen molar-refractivity contribution < 1.29 is 17.9 Å². The first kappa shape index (κ1) is 21.3. The number of amides is 1. The molecular formula is C22H28N2O4S. The molecule has 2 unspecified atom stereocenters. The highest BCUT2D eigenvalue weighted by molar-refractivity contribution is 7.89. The lowest BCUT2D eigenvalue weighted by molar-refractivity contribution is 0.0951. The molecule has 1 saturated carbocycles. The second-order valence-electron chi connectivity index (χ2n) is 7.18. The maximum absolute atomic E-state index is 12.9. The molecule has 1 N–H and O–H groups in total. The van der Waals surface area contributed by atoms with Gasteiger partial charge in [-0.05, 0) is 42.0 Å². The largest absolute Gasteiger partial charge is 0.495 e. The minimum atomic E-state index is -3.74. The van der Waals surface area contributed by atoms with E-state index in [9.17, 15) is 13.2 Å². The summed E-state index contributed by atoms with van der Waals surface area (Å²) in [4.78, 5) is 12.7. The maximum atomic E-state index is 12.9. The van der Waals surface area contributed by atoms with E-state index in [0.29, 0.717) is 37.0 Å². The second kappa shape index (κ2) is 8.97. The van der Waals surface area contributed by atoms with Crippen LogP contribution in [0.3, 0.4) is 0 Å². The Bertz CT molecular complexity index is 956. The van der Waals surface area contributed by atoms with Crippen molar-refractivity contribution in [2.24, 2.45) is 5.92 Å². The van der Waals surface area contributed by atoms with Gasteiger partial charge in [-0.3, -0.25) is 4.79 Å². The first-order chi connectivity index (χ1) is 13.9. The standard InChI is InChI=1S/C22H28N2O4S/c1-4-24(5-2)29(26,27)21-14-17(11-12-20(21)28-3)22(25)23-15-18-13-19(18)16-9-7-6-8-10-16/h6-12,14,18-19H,4-5,13,15H2,1-3H3,(H,23,25). The molecule has 1 aliphatic carbocycles. The highest BCUT2D eigenvalue weighted by Crippen LogP contribution is 2.46. The molecule has 0 aliphatic heterocycles. The minimum Gasteiger partial charge on any atom is -0.495 e. The molecule has 2 aromatic rings. The van der Waals surface area contributed by atoms with Crippen LogP contribution in [-0.2, 0) is 10.0 Å². The summed E-state index contributed by atoms with van der Waals surface area (Å²) >= 11 is 0. The molecule has 1 fully saturated rings. The zero-order valence-corrected chi connectivity index (χ0v) is 17.9. The number of ether oxygens (including phenoxy) is 1. The normalized spacial score (nSPS) is 18.5. The highest BCUT2D eigenvalue weighted by atomic mass is 32.2. The Morgan fingerprint density at radius 3 is 2.45 bits per heavy atom. The number of sulfonamides is 1. The summed E-state index contributed by atoms with van der Waals surface area (Å²) in [5.74, 6) is 0.853. The van der Waals surface area contributed by atoms with E-state index in [-0.39, 0.29) is 16.6 Å². The van der Waals surface area contributed by atoms with Gasteiger partial charge < -0.3 is 10.1 Å². The van der Waals surface area contributed by atoms with Crippen molar-refractivity contribution in [3.8, 4) is 5.75 Å². The van der Waals surface area contributed by atoms with Crippen molar-refractivity contribution in [2.45, 2.75) is 31.1 Å². The molecule has 1 amide bonds.